The molecule has 0 saturated heterocycles. The van der Waals surface area contributed by atoms with Gasteiger partial charge in [0.2, 0.25) is 5.91 Å². The van der Waals surface area contributed by atoms with Crippen LogP contribution in [0.2, 0.25) is 0 Å². The molecule has 16 heavy (non-hydrogen) atoms. The fraction of sp³-hybridized carbons (Fsp3) is 0.583. The lowest BCUT2D eigenvalue weighted by Gasteiger charge is -2.22. The summed E-state index contributed by atoms with van der Waals surface area (Å²) in [5.74, 6) is 1.53. The highest BCUT2D eigenvalue weighted by Crippen LogP contribution is 2.11. The average molecular weight is 224 g/mol. The van der Waals surface area contributed by atoms with Gasteiger partial charge in [-0.1, -0.05) is 6.92 Å². The van der Waals surface area contributed by atoms with Gasteiger partial charge in [0, 0.05) is 13.1 Å². The van der Waals surface area contributed by atoms with E-state index in [2.05, 4.69) is 0 Å². The van der Waals surface area contributed by atoms with Crippen LogP contribution < -0.4 is 5.73 Å². The van der Waals surface area contributed by atoms with Crippen LogP contribution in [0.25, 0.3) is 0 Å². The van der Waals surface area contributed by atoms with E-state index >= 15 is 0 Å². The van der Waals surface area contributed by atoms with E-state index in [1.165, 1.54) is 0 Å². The van der Waals surface area contributed by atoms with Crippen LogP contribution in [0.1, 0.15) is 25.4 Å². The molecule has 1 aromatic heterocycles. The summed E-state index contributed by atoms with van der Waals surface area (Å²) in [7, 11) is 1.76. The smallest absolute Gasteiger partial charge is 0.227 e. The van der Waals surface area contributed by atoms with E-state index in [0.29, 0.717) is 6.54 Å². The number of nitrogens with zero attached hydrogens (tertiary/aromatic N) is 1. The molecule has 4 heteroatoms. The number of hydrogen-bond donors (Lipinski definition) is 1. The van der Waals surface area contributed by atoms with Gasteiger partial charge >= 0.3 is 0 Å². The maximum atomic E-state index is 11.9. The molecule has 0 spiro atoms. The van der Waals surface area contributed by atoms with Crippen LogP contribution in [-0.4, -0.2) is 23.9 Å². The number of rotatable bonds is 4. The first-order valence-electron chi connectivity index (χ1n) is 5.47. The van der Waals surface area contributed by atoms with Gasteiger partial charge in [0.1, 0.15) is 11.5 Å². The van der Waals surface area contributed by atoms with E-state index in [4.69, 9.17) is 10.2 Å². The van der Waals surface area contributed by atoms with Crippen LogP contribution in [0.3, 0.4) is 0 Å². The number of amides is 1. The summed E-state index contributed by atoms with van der Waals surface area (Å²) in [6.07, 6.45) is 0. The van der Waals surface area contributed by atoms with Gasteiger partial charge in [0.25, 0.3) is 0 Å². The quantitative estimate of drug-likeness (QED) is 0.843. The zero-order valence-electron chi connectivity index (χ0n) is 10.4. The molecule has 2 atom stereocenters. The van der Waals surface area contributed by atoms with Crippen molar-refractivity contribution < 1.29 is 9.21 Å². The van der Waals surface area contributed by atoms with Gasteiger partial charge < -0.3 is 15.1 Å². The van der Waals surface area contributed by atoms with Crippen molar-refractivity contribution in [1.29, 1.82) is 0 Å². The zero-order valence-corrected chi connectivity index (χ0v) is 10.4. The van der Waals surface area contributed by atoms with E-state index < -0.39 is 0 Å². The van der Waals surface area contributed by atoms with E-state index in [9.17, 15) is 4.79 Å². The Bertz CT molecular complexity index is 358. The second-order valence-corrected chi connectivity index (χ2v) is 4.35. The Morgan fingerprint density at radius 1 is 1.50 bits per heavy atom. The highest BCUT2D eigenvalue weighted by atomic mass is 16.3. The van der Waals surface area contributed by atoms with Crippen molar-refractivity contribution in [3.8, 4) is 0 Å². The van der Waals surface area contributed by atoms with Crippen LogP contribution in [-0.2, 0) is 11.3 Å². The lowest BCUT2D eigenvalue weighted by molar-refractivity contribution is -0.134. The summed E-state index contributed by atoms with van der Waals surface area (Å²) < 4.78 is 5.42. The summed E-state index contributed by atoms with van der Waals surface area (Å²) >= 11 is 0. The van der Waals surface area contributed by atoms with E-state index in [0.717, 1.165) is 11.5 Å². The van der Waals surface area contributed by atoms with Crippen molar-refractivity contribution >= 4 is 5.91 Å². The minimum atomic E-state index is -0.166. The molecule has 0 radical (unpaired) electrons. The van der Waals surface area contributed by atoms with Crippen LogP contribution >= 0.6 is 0 Å². The van der Waals surface area contributed by atoms with Gasteiger partial charge in [0.05, 0.1) is 12.5 Å². The Morgan fingerprint density at radius 2 is 2.12 bits per heavy atom. The Kier molecular flexibility index (Phi) is 4.12. The Balaban J connectivity index is 2.58. The summed E-state index contributed by atoms with van der Waals surface area (Å²) in [5, 5.41) is 0. The van der Waals surface area contributed by atoms with E-state index in [1.807, 2.05) is 32.9 Å². The van der Waals surface area contributed by atoms with Crippen molar-refractivity contribution in [2.45, 2.75) is 33.4 Å². The molecule has 0 bridgehead atoms. The number of hydrogen-bond acceptors (Lipinski definition) is 3. The number of carbonyl (C=O) groups is 1. The third kappa shape index (κ3) is 3.10. The Hall–Kier alpha value is -1.29. The maximum Gasteiger partial charge on any atom is 0.227 e. The lowest BCUT2D eigenvalue weighted by Crippen LogP contribution is -2.39. The van der Waals surface area contributed by atoms with Crippen molar-refractivity contribution in [2.75, 3.05) is 7.05 Å². The monoisotopic (exact) mass is 224 g/mol. The van der Waals surface area contributed by atoms with Crippen molar-refractivity contribution in [1.82, 2.24) is 4.90 Å². The molecule has 1 aromatic rings. The standard InChI is InChI=1S/C12H20N2O2/c1-8-5-6-11(16-8)7-14(4)12(15)9(2)10(3)13/h5-6,9-10H,7,13H2,1-4H3. The van der Waals surface area contributed by atoms with Gasteiger partial charge in [-0.3, -0.25) is 4.79 Å². The van der Waals surface area contributed by atoms with Crippen molar-refractivity contribution in [2.24, 2.45) is 11.7 Å². The minimum Gasteiger partial charge on any atom is -0.464 e. The second kappa shape index (κ2) is 5.16. The van der Waals surface area contributed by atoms with E-state index in [1.54, 1.807) is 11.9 Å². The highest BCUT2D eigenvalue weighted by molar-refractivity contribution is 5.78. The third-order valence-electron chi connectivity index (χ3n) is 2.74. The van der Waals surface area contributed by atoms with Gasteiger partial charge in [0.15, 0.2) is 0 Å². The topological polar surface area (TPSA) is 59.5 Å². The number of carbonyl (C=O) groups excluding carboxylic acids is 1. The summed E-state index contributed by atoms with van der Waals surface area (Å²) in [6.45, 7) is 6.06. The fourth-order valence-electron chi connectivity index (χ4n) is 1.45. The number of furan rings is 1. The van der Waals surface area contributed by atoms with Gasteiger partial charge in [-0.2, -0.15) is 0 Å². The van der Waals surface area contributed by atoms with Gasteiger partial charge in [-0.25, -0.2) is 0 Å². The molecule has 0 aromatic carbocycles. The normalized spacial score (nSPS) is 14.6. The molecule has 0 aliphatic carbocycles. The first-order valence-corrected chi connectivity index (χ1v) is 5.47. The fourth-order valence-corrected chi connectivity index (χ4v) is 1.45. The first-order chi connectivity index (χ1) is 7.41. The predicted molar refractivity (Wildman–Crippen MR) is 62.7 cm³/mol. The molecule has 0 aliphatic heterocycles. The SMILES string of the molecule is Cc1ccc(CN(C)C(=O)C(C)C(C)N)o1. The molecule has 0 aliphatic rings. The molecule has 1 amide bonds. The molecule has 0 saturated carbocycles. The largest absolute Gasteiger partial charge is 0.464 e. The third-order valence-corrected chi connectivity index (χ3v) is 2.74. The van der Waals surface area contributed by atoms with Crippen LogP contribution in [0, 0.1) is 12.8 Å². The zero-order chi connectivity index (χ0) is 12.3. The number of aryl methyl sites for hydroxylation is 1. The molecule has 1 rings (SSSR count). The summed E-state index contributed by atoms with van der Waals surface area (Å²) in [6, 6.07) is 3.64. The Morgan fingerprint density at radius 3 is 2.56 bits per heavy atom. The van der Waals surface area contributed by atoms with Gasteiger partial charge in [-0.15, -0.1) is 0 Å². The van der Waals surface area contributed by atoms with Crippen LogP contribution in [0.4, 0.5) is 0 Å². The number of nitrogens with two attached hydrogens (primary N) is 1. The summed E-state index contributed by atoms with van der Waals surface area (Å²) in [5.41, 5.74) is 5.70. The molecule has 0 fully saturated rings. The first kappa shape index (κ1) is 12.8. The highest BCUT2D eigenvalue weighted by Gasteiger charge is 2.21. The molecular weight excluding hydrogens is 204 g/mol. The second-order valence-electron chi connectivity index (χ2n) is 4.35. The van der Waals surface area contributed by atoms with Crippen molar-refractivity contribution in [3.05, 3.63) is 23.7 Å². The van der Waals surface area contributed by atoms with Crippen LogP contribution in [0.5, 0.6) is 0 Å². The molecule has 2 N–H and O–H groups in total. The van der Waals surface area contributed by atoms with Gasteiger partial charge in [-0.05, 0) is 26.0 Å². The lowest BCUT2D eigenvalue weighted by atomic mass is 10.0. The molecule has 2 unspecified atom stereocenters. The van der Waals surface area contributed by atoms with Crippen molar-refractivity contribution in [3.63, 3.8) is 0 Å². The van der Waals surface area contributed by atoms with Crippen LogP contribution in [0.15, 0.2) is 16.5 Å². The maximum absolute atomic E-state index is 11.9. The molecule has 1 heterocycles. The molecule has 4 nitrogen and oxygen atoms in total. The average Bonchev–Trinajstić information content (AvgIpc) is 2.61. The Labute approximate surface area is 96.4 Å². The minimum absolute atomic E-state index is 0.0454. The molecule has 90 valence electrons. The molecular formula is C12H20N2O2. The predicted octanol–water partition coefficient (Wildman–Crippen LogP) is 1.53. The van der Waals surface area contributed by atoms with E-state index in [-0.39, 0.29) is 17.9 Å². The summed E-state index contributed by atoms with van der Waals surface area (Å²) in [4.78, 5) is 13.5.